The average molecular weight is 414 g/mol. The number of likely N-dealkylation sites (tertiary alicyclic amines) is 2. The van der Waals surface area contributed by atoms with Crippen molar-refractivity contribution in [3.63, 3.8) is 0 Å². The number of rotatable bonds is 3. The van der Waals surface area contributed by atoms with E-state index in [1.807, 2.05) is 30.0 Å². The van der Waals surface area contributed by atoms with Gasteiger partial charge in [-0.2, -0.15) is 0 Å². The number of thiazole rings is 1. The standard InChI is InChI=1S/C22H27N3O3S/c1-15-20(29-21(23-15)16-5-6-18-19(13-16)28-14-27-18)22(26)25-11-7-17(8-12-25)24-9-3-2-4-10-24/h5-6,13,17H,2-4,7-12,14H2,1H3. The van der Waals surface area contributed by atoms with Crippen LogP contribution < -0.4 is 9.47 Å². The highest BCUT2D eigenvalue weighted by Crippen LogP contribution is 2.38. The second-order valence-electron chi connectivity index (χ2n) is 8.12. The minimum absolute atomic E-state index is 0.129. The lowest BCUT2D eigenvalue weighted by atomic mass is 10.00. The molecule has 6 nitrogen and oxygen atoms in total. The van der Waals surface area contributed by atoms with E-state index < -0.39 is 0 Å². The number of amides is 1. The Morgan fingerprint density at radius 2 is 1.83 bits per heavy atom. The number of fused-ring (bicyclic) bond motifs is 1. The average Bonchev–Trinajstić information content (AvgIpc) is 3.40. The van der Waals surface area contributed by atoms with Gasteiger partial charge in [0.15, 0.2) is 11.5 Å². The maximum absolute atomic E-state index is 13.2. The van der Waals surface area contributed by atoms with Crippen LogP contribution in [-0.4, -0.2) is 59.7 Å². The molecule has 5 rings (SSSR count). The zero-order valence-corrected chi connectivity index (χ0v) is 17.7. The number of hydrogen-bond acceptors (Lipinski definition) is 6. The highest BCUT2D eigenvalue weighted by molar-refractivity contribution is 7.17. The van der Waals surface area contributed by atoms with E-state index in [2.05, 4.69) is 9.88 Å². The van der Waals surface area contributed by atoms with Crippen LogP contribution >= 0.6 is 11.3 Å². The Morgan fingerprint density at radius 3 is 2.62 bits per heavy atom. The summed E-state index contributed by atoms with van der Waals surface area (Å²) in [5.41, 5.74) is 1.77. The molecule has 2 saturated heterocycles. The SMILES string of the molecule is Cc1nc(-c2ccc3c(c2)OCO3)sc1C(=O)N1CCC(N2CCCCC2)CC1. The Morgan fingerprint density at radius 1 is 1.07 bits per heavy atom. The first-order chi connectivity index (χ1) is 14.2. The maximum Gasteiger partial charge on any atom is 0.265 e. The first kappa shape index (κ1) is 18.9. The molecule has 0 saturated carbocycles. The summed E-state index contributed by atoms with van der Waals surface area (Å²) < 4.78 is 10.9. The summed E-state index contributed by atoms with van der Waals surface area (Å²) in [6, 6.07) is 6.47. The summed E-state index contributed by atoms with van der Waals surface area (Å²) in [5.74, 6) is 1.63. The first-order valence-electron chi connectivity index (χ1n) is 10.6. The van der Waals surface area contributed by atoms with Gasteiger partial charge in [0, 0.05) is 24.7 Å². The van der Waals surface area contributed by atoms with E-state index in [0.29, 0.717) is 6.04 Å². The fourth-order valence-corrected chi connectivity index (χ4v) is 5.64. The summed E-state index contributed by atoms with van der Waals surface area (Å²) in [6.07, 6.45) is 6.17. The van der Waals surface area contributed by atoms with Crippen LogP contribution in [-0.2, 0) is 0 Å². The van der Waals surface area contributed by atoms with E-state index in [9.17, 15) is 4.79 Å². The highest BCUT2D eigenvalue weighted by Gasteiger charge is 2.30. The highest BCUT2D eigenvalue weighted by atomic mass is 32.1. The van der Waals surface area contributed by atoms with Gasteiger partial charge in [0.2, 0.25) is 6.79 Å². The second-order valence-corrected chi connectivity index (χ2v) is 9.12. The molecule has 4 heterocycles. The molecule has 0 N–H and O–H groups in total. The monoisotopic (exact) mass is 413 g/mol. The lowest BCUT2D eigenvalue weighted by molar-refractivity contribution is 0.0593. The van der Waals surface area contributed by atoms with Crippen LogP contribution in [0.15, 0.2) is 18.2 Å². The van der Waals surface area contributed by atoms with Gasteiger partial charge in [0.1, 0.15) is 9.88 Å². The zero-order valence-electron chi connectivity index (χ0n) is 16.9. The molecular formula is C22H27N3O3S. The number of piperidine rings is 2. The molecule has 2 aromatic rings. The van der Waals surface area contributed by atoms with Gasteiger partial charge in [-0.25, -0.2) is 4.98 Å². The summed E-state index contributed by atoms with van der Waals surface area (Å²) in [5, 5.41) is 0.854. The Balaban J connectivity index is 1.27. The largest absolute Gasteiger partial charge is 0.454 e. The third kappa shape index (κ3) is 3.73. The summed E-state index contributed by atoms with van der Waals surface area (Å²) >= 11 is 1.48. The van der Waals surface area contributed by atoms with Gasteiger partial charge in [-0.3, -0.25) is 4.79 Å². The van der Waals surface area contributed by atoms with Crippen molar-refractivity contribution in [1.82, 2.24) is 14.8 Å². The van der Waals surface area contributed by atoms with Crippen molar-refractivity contribution in [3.05, 3.63) is 28.8 Å². The molecule has 0 bridgehead atoms. The second kappa shape index (κ2) is 7.95. The van der Waals surface area contributed by atoms with Crippen molar-refractivity contribution < 1.29 is 14.3 Å². The maximum atomic E-state index is 13.2. The summed E-state index contributed by atoms with van der Waals surface area (Å²) in [7, 11) is 0. The van der Waals surface area contributed by atoms with Crippen molar-refractivity contribution in [2.45, 2.75) is 45.1 Å². The van der Waals surface area contributed by atoms with Crippen molar-refractivity contribution in [1.29, 1.82) is 0 Å². The smallest absolute Gasteiger partial charge is 0.265 e. The lowest BCUT2D eigenvalue weighted by Crippen LogP contribution is -2.48. The number of aromatic nitrogens is 1. The molecule has 0 spiro atoms. The molecule has 0 radical (unpaired) electrons. The van der Waals surface area contributed by atoms with E-state index in [-0.39, 0.29) is 12.7 Å². The summed E-state index contributed by atoms with van der Waals surface area (Å²) in [6.45, 7) is 6.33. The zero-order chi connectivity index (χ0) is 19.8. The van der Waals surface area contributed by atoms with Gasteiger partial charge in [-0.05, 0) is 63.9 Å². The molecule has 0 aliphatic carbocycles. The topological polar surface area (TPSA) is 54.9 Å². The molecule has 7 heteroatoms. The van der Waals surface area contributed by atoms with Crippen LogP contribution in [0.4, 0.5) is 0 Å². The minimum atomic E-state index is 0.129. The van der Waals surface area contributed by atoms with E-state index in [1.54, 1.807) is 0 Å². The lowest BCUT2D eigenvalue weighted by Gasteiger charge is -2.40. The Labute approximate surface area is 175 Å². The van der Waals surface area contributed by atoms with E-state index in [1.165, 1.54) is 43.7 Å². The molecule has 1 aromatic carbocycles. The number of nitrogens with zero attached hydrogens (tertiary/aromatic N) is 3. The molecular weight excluding hydrogens is 386 g/mol. The molecule has 3 aliphatic rings. The molecule has 154 valence electrons. The van der Waals surface area contributed by atoms with Crippen molar-refractivity contribution in [2.24, 2.45) is 0 Å². The predicted octanol–water partition coefficient (Wildman–Crippen LogP) is 3.94. The van der Waals surface area contributed by atoms with Crippen molar-refractivity contribution in [2.75, 3.05) is 33.0 Å². The number of carbonyl (C=O) groups excluding carboxylic acids is 1. The Bertz CT molecular complexity index is 899. The number of ether oxygens (including phenoxy) is 2. The molecule has 0 unspecified atom stereocenters. The fourth-order valence-electron chi connectivity index (χ4n) is 4.61. The van der Waals surface area contributed by atoms with Gasteiger partial charge in [-0.15, -0.1) is 11.3 Å². The van der Waals surface area contributed by atoms with Gasteiger partial charge in [0.05, 0.1) is 5.69 Å². The first-order valence-corrected chi connectivity index (χ1v) is 11.4. The molecule has 2 fully saturated rings. The normalized spacial score (nSPS) is 20.2. The van der Waals surface area contributed by atoms with E-state index in [4.69, 9.17) is 9.47 Å². The Kier molecular flexibility index (Phi) is 5.18. The van der Waals surface area contributed by atoms with Crippen LogP contribution in [0, 0.1) is 6.92 Å². The third-order valence-corrected chi connectivity index (χ3v) is 7.46. The van der Waals surface area contributed by atoms with Crippen LogP contribution in [0.2, 0.25) is 0 Å². The summed E-state index contributed by atoms with van der Waals surface area (Å²) in [4.78, 5) is 23.3. The molecule has 0 atom stereocenters. The quantitative estimate of drug-likeness (QED) is 0.763. The number of benzene rings is 1. The van der Waals surface area contributed by atoms with Crippen molar-refractivity contribution in [3.8, 4) is 22.1 Å². The van der Waals surface area contributed by atoms with Gasteiger partial charge in [-0.1, -0.05) is 6.42 Å². The van der Waals surface area contributed by atoms with Crippen LogP contribution in [0.5, 0.6) is 11.5 Å². The van der Waals surface area contributed by atoms with Crippen LogP contribution in [0.25, 0.3) is 10.6 Å². The minimum Gasteiger partial charge on any atom is -0.454 e. The molecule has 3 aliphatic heterocycles. The Hall–Kier alpha value is -2.12. The fraction of sp³-hybridized carbons (Fsp3) is 0.545. The van der Waals surface area contributed by atoms with Crippen LogP contribution in [0.3, 0.4) is 0 Å². The predicted molar refractivity (Wildman–Crippen MR) is 113 cm³/mol. The number of carbonyl (C=O) groups is 1. The van der Waals surface area contributed by atoms with Gasteiger partial charge in [0.25, 0.3) is 5.91 Å². The van der Waals surface area contributed by atoms with E-state index >= 15 is 0 Å². The molecule has 29 heavy (non-hydrogen) atoms. The van der Waals surface area contributed by atoms with Gasteiger partial charge < -0.3 is 19.3 Å². The third-order valence-electron chi connectivity index (χ3n) is 6.27. The molecule has 1 amide bonds. The van der Waals surface area contributed by atoms with Gasteiger partial charge >= 0.3 is 0 Å². The van der Waals surface area contributed by atoms with Crippen LogP contribution in [0.1, 0.15) is 47.5 Å². The van der Waals surface area contributed by atoms with E-state index in [0.717, 1.165) is 58.6 Å². The number of hydrogen-bond donors (Lipinski definition) is 0. The number of aryl methyl sites for hydroxylation is 1. The van der Waals surface area contributed by atoms with Crippen molar-refractivity contribution >= 4 is 17.2 Å². The molecule has 1 aromatic heterocycles.